The molecule has 0 nitrogen and oxygen atoms in total. The fourth-order valence-electron chi connectivity index (χ4n) is 1.17. The Labute approximate surface area is 83.0 Å². The minimum atomic E-state index is -0.224. The molecule has 70 valence electrons. The summed E-state index contributed by atoms with van der Waals surface area (Å²) in [6.45, 7) is 3.62. The molecule has 0 amide bonds. The van der Waals surface area contributed by atoms with E-state index in [0.717, 1.165) is 24.8 Å². The predicted molar refractivity (Wildman–Crippen MR) is 54.5 cm³/mol. The average Bonchev–Trinajstić information content (AvgIpc) is 2.11. The van der Waals surface area contributed by atoms with Gasteiger partial charge in [-0.05, 0) is 43.0 Å². The highest BCUT2D eigenvalue weighted by Crippen LogP contribution is 2.18. The number of aryl methyl sites for hydroxylation is 1. The first-order valence-electron chi connectivity index (χ1n) is 4.29. The quantitative estimate of drug-likeness (QED) is 0.507. The van der Waals surface area contributed by atoms with Crippen LogP contribution in [-0.2, 0) is 6.42 Å². The highest BCUT2D eigenvalue weighted by molar-refractivity contribution is 6.31. The normalized spacial score (nSPS) is 10.0. The van der Waals surface area contributed by atoms with E-state index < -0.39 is 0 Å². The second-order valence-electron chi connectivity index (χ2n) is 2.92. The summed E-state index contributed by atoms with van der Waals surface area (Å²) in [5.74, 6) is -0.224. The number of benzene rings is 1. The van der Waals surface area contributed by atoms with Crippen LogP contribution in [0.3, 0.4) is 0 Å². The zero-order valence-electron chi connectivity index (χ0n) is 7.39. The van der Waals surface area contributed by atoms with Crippen LogP contribution >= 0.6 is 11.6 Å². The molecule has 0 spiro atoms. The van der Waals surface area contributed by atoms with Gasteiger partial charge in [0.1, 0.15) is 5.82 Å². The van der Waals surface area contributed by atoms with Crippen molar-refractivity contribution >= 4 is 11.6 Å². The Hall–Kier alpha value is -0.820. The van der Waals surface area contributed by atoms with E-state index in [-0.39, 0.29) is 5.82 Å². The van der Waals surface area contributed by atoms with Crippen molar-refractivity contribution in [2.24, 2.45) is 0 Å². The lowest BCUT2D eigenvalue weighted by molar-refractivity contribution is 0.624. The van der Waals surface area contributed by atoms with Crippen LogP contribution in [0.15, 0.2) is 30.9 Å². The molecule has 0 bridgehead atoms. The van der Waals surface area contributed by atoms with E-state index in [4.69, 9.17) is 11.6 Å². The van der Waals surface area contributed by atoms with E-state index in [1.165, 1.54) is 12.1 Å². The van der Waals surface area contributed by atoms with E-state index in [9.17, 15) is 4.39 Å². The third-order valence-corrected chi connectivity index (χ3v) is 2.23. The van der Waals surface area contributed by atoms with Gasteiger partial charge in [-0.3, -0.25) is 0 Å². The van der Waals surface area contributed by atoms with Crippen LogP contribution < -0.4 is 0 Å². The summed E-state index contributed by atoms with van der Waals surface area (Å²) in [6.07, 6.45) is 4.56. The molecule has 0 aliphatic heterocycles. The molecular formula is C11H12ClF. The highest BCUT2D eigenvalue weighted by atomic mass is 35.5. The minimum absolute atomic E-state index is 0.224. The standard InChI is InChI=1S/C11H12ClF/c1-2-3-4-5-9-8-10(13)6-7-11(9)12/h2,6-8H,1,3-5H2. The Kier molecular flexibility index (Phi) is 3.97. The molecule has 0 heterocycles. The molecule has 1 aromatic rings. The van der Waals surface area contributed by atoms with E-state index in [0.29, 0.717) is 5.02 Å². The Morgan fingerprint density at radius 3 is 2.92 bits per heavy atom. The van der Waals surface area contributed by atoms with Crippen molar-refractivity contribution < 1.29 is 4.39 Å². The third-order valence-electron chi connectivity index (χ3n) is 1.86. The Morgan fingerprint density at radius 1 is 1.46 bits per heavy atom. The molecule has 0 saturated heterocycles. The zero-order valence-corrected chi connectivity index (χ0v) is 8.15. The van der Waals surface area contributed by atoms with Gasteiger partial charge in [0, 0.05) is 5.02 Å². The topological polar surface area (TPSA) is 0 Å². The molecule has 0 N–H and O–H groups in total. The highest BCUT2D eigenvalue weighted by Gasteiger charge is 2.00. The molecule has 0 aliphatic rings. The summed E-state index contributed by atoms with van der Waals surface area (Å²) in [7, 11) is 0. The van der Waals surface area contributed by atoms with Crippen LogP contribution in [-0.4, -0.2) is 0 Å². The van der Waals surface area contributed by atoms with Crippen molar-refractivity contribution in [1.82, 2.24) is 0 Å². The van der Waals surface area contributed by atoms with Crippen molar-refractivity contribution in [1.29, 1.82) is 0 Å². The summed E-state index contributed by atoms with van der Waals surface area (Å²) in [5, 5.41) is 0.644. The van der Waals surface area contributed by atoms with Crippen LogP contribution in [0.1, 0.15) is 18.4 Å². The molecule has 2 heteroatoms. The number of hydrogen-bond donors (Lipinski definition) is 0. The number of unbranched alkanes of at least 4 members (excludes halogenated alkanes) is 1. The predicted octanol–water partition coefficient (Wildman–Crippen LogP) is 3.99. The second-order valence-corrected chi connectivity index (χ2v) is 3.32. The van der Waals surface area contributed by atoms with Gasteiger partial charge in [-0.25, -0.2) is 4.39 Å². The van der Waals surface area contributed by atoms with Crippen LogP contribution in [0.5, 0.6) is 0 Å². The summed E-state index contributed by atoms with van der Waals surface area (Å²) < 4.78 is 12.8. The first-order chi connectivity index (χ1) is 6.24. The SMILES string of the molecule is C=CCCCc1cc(F)ccc1Cl. The fraction of sp³-hybridized carbons (Fsp3) is 0.273. The van der Waals surface area contributed by atoms with Crippen LogP contribution in [0.2, 0.25) is 5.02 Å². The molecule has 0 aliphatic carbocycles. The summed E-state index contributed by atoms with van der Waals surface area (Å²) in [4.78, 5) is 0. The van der Waals surface area contributed by atoms with Crippen LogP contribution in [0.4, 0.5) is 4.39 Å². The van der Waals surface area contributed by atoms with Crippen molar-refractivity contribution in [2.75, 3.05) is 0 Å². The average molecular weight is 199 g/mol. The first kappa shape index (κ1) is 10.3. The van der Waals surface area contributed by atoms with E-state index >= 15 is 0 Å². The lowest BCUT2D eigenvalue weighted by Crippen LogP contribution is -1.87. The third kappa shape index (κ3) is 3.19. The number of allylic oxidation sites excluding steroid dienone is 1. The number of halogens is 2. The molecule has 0 aromatic heterocycles. The molecule has 1 rings (SSSR count). The second kappa shape index (κ2) is 5.03. The summed E-state index contributed by atoms with van der Waals surface area (Å²) in [6, 6.07) is 4.46. The minimum Gasteiger partial charge on any atom is -0.207 e. The van der Waals surface area contributed by atoms with Crippen molar-refractivity contribution in [3.8, 4) is 0 Å². The summed E-state index contributed by atoms with van der Waals surface area (Å²) in [5.41, 5.74) is 0.878. The molecule has 0 saturated carbocycles. The van der Waals surface area contributed by atoms with Gasteiger partial charge in [0.25, 0.3) is 0 Å². The molecular weight excluding hydrogens is 187 g/mol. The monoisotopic (exact) mass is 198 g/mol. The Bertz CT molecular complexity index is 294. The Morgan fingerprint density at radius 2 is 2.23 bits per heavy atom. The fourth-order valence-corrected chi connectivity index (χ4v) is 1.38. The van der Waals surface area contributed by atoms with Gasteiger partial charge >= 0.3 is 0 Å². The Balaban J connectivity index is 2.64. The van der Waals surface area contributed by atoms with Crippen molar-refractivity contribution in [3.63, 3.8) is 0 Å². The number of rotatable bonds is 4. The lowest BCUT2D eigenvalue weighted by atomic mass is 10.1. The molecule has 1 aromatic carbocycles. The van der Waals surface area contributed by atoms with Crippen LogP contribution in [0, 0.1) is 5.82 Å². The molecule has 0 fully saturated rings. The largest absolute Gasteiger partial charge is 0.207 e. The lowest BCUT2D eigenvalue weighted by Gasteiger charge is -2.02. The van der Waals surface area contributed by atoms with E-state index in [2.05, 4.69) is 6.58 Å². The maximum absolute atomic E-state index is 12.8. The van der Waals surface area contributed by atoms with Gasteiger partial charge in [0.2, 0.25) is 0 Å². The van der Waals surface area contributed by atoms with Gasteiger partial charge in [0.05, 0.1) is 0 Å². The van der Waals surface area contributed by atoms with Crippen molar-refractivity contribution in [2.45, 2.75) is 19.3 Å². The molecule has 0 atom stereocenters. The van der Waals surface area contributed by atoms with Gasteiger partial charge < -0.3 is 0 Å². The van der Waals surface area contributed by atoms with Gasteiger partial charge in [-0.15, -0.1) is 6.58 Å². The first-order valence-corrected chi connectivity index (χ1v) is 4.66. The van der Waals surface area contributed by atoms with Crippen molar-refractivity contribution in [3.05, 3.63) is 47.3 Å². The van der Waals surface area contributed by atoms with E-state index in [1.807, 2.05) is 6.08 Å². The summed E-state index contributed by atoms with van der Waals surface area (Å²) >= 11 is 5.88. The maximum Gasteiger partial charge on any atom is 0.123 e. The van der Waals surface area contributed by atoms with E-state index in [1.54, 1.807) is 6.07 Å². The van der Waals surface area contributed by atoms with Gasteiger partial charge in [0.15, 0.2) is 0 Å². The molecule has 0 radical (unpaired) electrons. The van der Waals surface area contributed by atoms with Gasteiger partial charge in [-0.1, -0.05) is 17.7 Å². The molecule has 0 unspecified atom stereocenters. The zero-order chi connectivity index (χ0) is 9.68. The molecule has 13 heavy (non-hydrogen) atoms. The number of hydrogen-bond acceptors (Lipinski definition) is 0. The maximum atomic E-state index is 12.8. The smallest absolute Gasteiger partial charge is 0.123 e. The van der Waals surface area contributed by atoms with Crippen LogP contribution in [0.25, 0.3) is 0 Å². The van der Waals surface area contributed by atoms with Gasteiger partial charge in [-0.2, -0.15) is 0 Å².